The third kappa shape index (κ3) is 8.22. The Morgan fingerprint density at radius 3 is 2.08 bits per heavy atom. The van der Waals surface area contributed by atoms with Crippen LogP contribution in [0.25, 0.3) is 0 Å². The van der Waals surface area contributed by atoms with Gasteiger partial charge in [-0.1, -0.05) is 0 Å². The van der Waals surface area contributed by atoms with E-state index in [0.29, 0.717) is 0 Å². The van der Waals surface area contributed by atoms with Crippen LogP contribution < -0.4 is 11.1 Å². The third-order valence-electron chi connectivity index (χ3n) is 2.11. The number of rotatable bonds is 6. The van der Waals surface area contributed by atoms with Gasteiger partial charge in [0.2, 0.25) is 0 Å². The predicted molar refractivity (Wildman–Crippen MR) is 56.7 cm³/mol. The zero-order valence-corrected chi connectivity index (χ0v) is 9.35. The van der Waals surface area contributed by atoms with Crippen molar-refractivity contribution in [2.45, 2.75) is 51.6 Å². The van der Waals surface area contributed by atoms with Gasteiger partial charge in [0.1, 0.15) is 0 Å². The molecule has 0 saturated carbocycles. The molecule has 0 amide bonds. The lowest BCUT2D eigenvalue weighted by Crippen LogP contribution is -2.44. The van der Waals surface area contributed by atoms with E-state index < -0.39 is 0 Å². The molecule has 0 saturated heterocycles. The molecular formula is C10H24N2O. The van der Waals surface area contributed by atoms with Crippen LogP contribution in [0.3, 0.4) is 0 Å². The highest BCUT2D eigenvalue weighted by molar-refractivity contribution is 4.80. The van der Waals surface area contributed by atoms with Crippen LogP contribution in [-0.4, -0.2) is 29.3 Å². The number of hydrogen-bond donors (Lipinski definition) is 3. The molecule has 0 fully saturated rings. The van der Waals surface area contributed by atoms with E-state index in [1.54, 1.807) is 0 Å². The molecule has 0 aliphatic carbocycles. The summed E-state index contributed by atoms with van der Waals surface area (Å²) in [5.74, 6) is 0. The molecule has 0 aliphatic rings. The van der Waals surface area contributed by atoms with Crippen LogP contribution in [-0.2, 0) is 0 Å². The van der Waals surface area contributed by atoms with Gasteiger partial charge in [0.15, 0.2) is 0 Å². The van der Waals surface area contributed by atoms with E-state index in [-0.39, 0.29) is 17.7 Å². The second-order valence-corrected chi connectivity index (χ2v) is 5.02. The minimum absolute atomic E-state index is 0.0139. The molecular weight excluding hydrogens is 164 g/mol. The molecule has 0 unspecified atom stereocenters. The molecule has 0 radical (unpaired) electrons. The molecule has 4 N–H and O–H groups in total. The highest BCUT2D eigenvalue weighted by Gasteiger charge is 2.17. The first kappa shape index (κ1) is 12.9. The second-order valence-electron chi connectivity index (χ2n) is 5.02. The van der Waals surface area contributed by atoms with Gasteiger partial charge in [-0.2, -0.15) is 0 Å². The number of aliphatic hydroxyl groups excluding tert-OH is 1. The predicted octanol–water partition coefficient (Wildman–Crippen LogP) is 0.864. The average Bonchev–Trinajstić information content (AvgIpc) is 1.82. The maximum Gasteiger partial charge on any atom is 0.0448 e. The molecule has 13 heavy (non-hydrogen) atoms. The highest BCUT2D eigenvalue weighted by Crippen LogP contribution is 2.08. The molecule has 0 atom stereocenters. The van der Waals surface area contributed by atoms with E-state index in [0.717, 1.165) is 19.4 Å². The van der Waals surface area contributed by atoms with Crippen LogP contribution in [0, 0.1) is 0 Å². The first-order valence-electron chi connectivity index (χ1n) is 4.92. The summed E-state index contributed by atoms with van der Waals surface area (Å²) in [6.07, 6.45) is 1.72. The van der Waals surface area contributed by atoms with Gasteiger partial charge < -0.3 is 16.2 Å². The standard InChI is InChI=1S/C10H24N2O/c1-9(2,11)5-7-12-10(3,4)6-8-13/h12-13H,5-8,11H2,1-4H3. The van der Waals surface area contributed by atoms with Gasteiger partial charge in [0.25, 0.3) is 0 Å². The molecule has 0 aromatic carbocycles. The Morgan fingerprint density at radius 2 is 1.69 bits per heavy atom. The summed E-state index contributed by atoms with van der Waals surface area (Å²) in [7, 11) is 0. The lowest BCUT2D eigenvalue weighted by atomic mass is 9.98. The fourth-order valence-electron chi connectivity index (χ4n) is 1.09. The Balaban J connectivity index is 3.63. The van der Waals surface area contributed by atoms with E-state index in [1.807, 2.05) is 13.8 Å². The Labute approximate surface area is 81.7 Å². The van der Waals surface area contributed by atoms with E-state index >= 15 is 0 Å². The molecule has 0 heterocycles. The molecule has 3 nitrogen and oxygen atoms in total. The smallest absolute Gasteiger partial charge is 0.0448 e. The molecule has 0 aromatic rings. The van der Waals surface area contributed by atoms with E-state index in [2.05, 4.69) is 19.2 Å². The summed E-state index contributed by atoms with van der Waals surface area (Å²) < 4.78 is 0. The van der Waals surface area contributed by atoms with Crippen molar-refractivity contribution in [2.75, 3.05) is 13.2 Å². The van der Waals surface area contributed by atoms with Gasteiger partial charge in [0.05, 0.1) is 0 Å². The molecule has 0 rings (SSSR count). The van der Waals surface area contributed by atoms with E-state index in [4.69, 9.17) is 10.8 Å². The monoisotopic (exact) mass is 188 g/mol. The van der Waals surface area contributed by atoms with Crippen LogP contribution in [0.2, 0.25) is 0 Å². The fourth-order valence-corrected chi connectivity index (χ4v) is 1.09. The summed E-state index contributed by atoms with van der Waals surface area (Å²) >= 11 is 0. The van der Waals surface area contributed by atoms with Crippen molar-refractivity contribution >= 4 is 0 Å². The number of nitrogens with two attached hydrogens (primary N) is 1. The molecule has 0 aromatic heterocycles. The Hall–Kier alpha value is -0.120. The van der Waals surface area contributed by atoms with Crippen LogP contribution in [0.15, 0.2) is 0 Å². The Bertz CT molecular complexity index is 138. The highest BCUT2D eigenvalue weighted by atomic mass is 16.3. The number of aliphatic hydroxyl groups is 1. The molecule has 0 aliphatic heterocycles. The number of hydrogen-bond acceptors (Lipinski definition) is 3. The Morgan fingerprint density at radius 1 is 1.15 bits per heavy atom. The summed E-state index contributed by atoms with van der Waals surface area (Å²) in [5.41, 5.74) is 5.75. The van der Waals surface area contributed by atoms with Gasteiger partial charge in [-0.3, -0.25) is 0 Å². The largest absolute Gasteiger partial charge is 0.396 e. The van der Waals surface area contributed by atoms with Crippen LogP contribution in [0.1, 0.15) is 40.5 Å². The summed E-state index contributed by atoms with van der Waals surface area (Å²) in [4.78, 5) is 0. The topological polar surface area (TPSA) is 58.3 Å². The normalized spacial score (nSPS) is 13.4. The lowest BCUT2D eigenvalue weighted by molar-refractivity contribution is 0.228. The van der Waals surface area contributed by atoms with Crippen LogP contribution >= 0.6 is 0 Å². The van der Waals surface area contributed by atoms with Crippen molar-refractivity contribution in [1.29, 1.82) is 0 Å². The van der Waals surface area contributed by atoms with Crippen molar-refractivity contribution in [3.63, 3.8) is 0 Å². The molecule has 3 heteroatoms. The van der Waals surface area contributed by atoms with Crippen molar-refractivity contribution in [1.82, 2.24) is 5.32 Å². The van der Waals surface area contributed by atoms with Crippen molar-refractivity contribution in [2.24, 2.45) is 5.73 Å². The second kappa shape index (κ2) is 4.94. The lowest BCUT2D eigenvalue weighted by Gasteiger charge is -2.27. The van der Waals surface area contributed by atoms with Crippen LogP contribution in [0.4, 0.5) is 0 Å². The van der Waals surface area contributed by atoms with Gasteiger partial charge in [-0.05, 0) is 47.1 Å². The van der Waals surface area contributed by atoms with Crippen LogP contribution in [0.5, 0.6) is 0 Å². The summed E-state index contributed by atoms with van der Waals surface area (Å²) in [5, 5.41) is 12.2. The molecule has 0 bridgehead atoms. The molecule has 0 spiro atoms. The zero-order chi connectivity index (χ0) is 10.5. The maximum absolute atomic E-state index is 8.80. The maximum atomic E-state index is 8.80. The minimum Gasteiger partial charge on any atom is -0.396 e. The summed E-state index contributed by atoms with van der Waals surface area (Å²) in [6.45, 7) is 9.35. The van der Waals surface area contributed by atoms with E-state index in [9.17, 15) is 0 Å². The Kier molecular flexibility index (Phi) is 4.89. The minimum atomic E-state index is -0.109. The summed E-state index contributed by atoms with van der Waals surface area (Å²) in [6, 6.07) is 0. The van der Waals surface area contributed by atoms with Crippen molar-refractivity contribution in [3.8, 4) is 0 Å². The first-order chi connectivity index (χ1) is 5.77. The van der Waals surface area contributed by atoms with Gasteiger partial charge in [-0.25, -0.2) is 0 Å². The third-order valence-corrected chi connectivity index (χ3v) is 2.11. The SMILES string of the molecule is CC(C)(N)CCNC(C)(C)CCO. The van der Waals surface area contributed by atoms with Crippen molar-refractivity contribution < 1.29 is 5.11 Å². The number of nitrogens with one attached hydrogen (secondary N) is 1. The van der Waals surface area contributed by atoms with E-state index in [1.165, 1.54) is 0 Å². The zero-order valence-electron chi connectivity index (χ0n) is 9.35. The van der Waals surface area contributed by atoms with Crippen molar-refractivity contribution in [3.05, 3.63) is 0 Å². The molecule has 80 valence electrons. The fraction of sp³-hybridized carbons (Fsp3) is 1.00. The van der Waals surface area contributed by atoms with Gasteiger partial charge >= 0.3 is 0 Å². The first-order valence-corrected chi connectivity index (χ1v) is 4.92. The quantitative estimate of drug-likeness (QED) is 0.579. The average molecular weight is 188 g/mol. The van der Waals surface area contributed by atoms with Gasteiger partial charge in [0, 0.05) is 17.7 Å². The van der Waals surface area contributed by atoms with Gasteiger partial charge in [-0.15, -0.1) is 0 Å².